The monoisotopic (exact) mass is 233 g/mol. The van der Waals surface area contributed by atoms with Crippen LogP contribution in [0.3, 0.4) is 0 Å². The molecule has 0 amide bonds. The predicted octanol–water partition coefficient (Wildman–Crippen LogP) is 1.81. The van der Waals surface area contributed by atoms with Gasteiger partial charge in [-0.2, -0.15) is 5.10 Å². The maximum Gasteiger partial charge on any atom is 0.188 e. The highest BCUT2D eigenvalue weighted by molar-refractivity contribution is 5.71. The zero-order valence-electron chi connectivity index (χ0n) is 10.4. The van der Waals surface area contributed by atoms with Crippen LogP contribution in [0.2, 0.25) is 0 Å². The molecular formula is C12H15N3O2. The van der Waals surface area contributed by atoms with Crippen molar-refractivity contribution in [3.05, 3.63) is 24.0 Å². The maximum atomic E-state index is 5.32. The lowest BCUT2D eigenvalue weighted by Gasteiger charge is -2.09. The minimum atomic E-state index is 0.610. The summed E-state index contributed by atoms with van der Waals surface area (Å²) in [6, 6.07) is 5.60. The molecule has 0 atom stereocenters. The second-order valence-corrected chi connectivity index (χ2v) is 3.64. The van der Waals surface area contributed by atoms with Crippen molar-refractivity contribution in [2.24, 2.45) is 7.05 Å². The van der Waals surface area contributed by atoms with E-state index < -0.39 is 0 Å². The van der Waals surface area contributed by atoms with E-state index >= 15 is 0 Å². The molecule has 1 aromatic carbocycles. The lowest BCUT2D eigenvalue weighted by molar-refractivity contribution is 0.397. The predicted molar refractivity (Wildman–Crippen MR) is 64.3 cm³/mol. The Morgan fingerprint density at radius 3 is 2.12 bits per heavy atom. The van der Waals surface area contributed by atoms with Crippen molar-refractivity contribution in [3.8, 4) is 22.9 Å². The Labute approximate surface area is 100 Å². The molecule has 90 valence electrons. The summed E-state index contributed by atoms with van der Waals surface area (Å²) in [5.74, 6) is 2.86. The van der Waals surface area contributed by atoms with E-state index in [1.54, 1.807) is 18.9 Å². The second kappa shape index (κ2) is 4.45. The van der Waals surface area contributed by atoms with Crippen LogP contribution >= 0.6 is 0 Å². The van der Waals surface area contributed by atoms with E-state index in [9.17, 15) is 0 Å². The summed E-state index contributed by atoms with van der Waals surface area (Å²) in [5, 5.41) is 4.34. The molecule has 0 aliphatic heterocycles. The Morgan fingerprint density at radius 1 is 1.12 bits per heavy atom. The van der Waals surface area contributed by atoms with Gasteiger partial charge < -0.3 is 9.47 Å². The lowest BCUT2D eigenvalue weighted by Crippen LogP contribution is -1.95. The molecule has 0 aliphatic rings. The Bertz CT molecular complexity index is 493. The van der Waals surface area contributed by atoms with Crippen molar-refractivity contribution >= 4 is 0 Å². The van der Waals surface area contributed by atoms with Crippen LogP contribution in [0, 0.1) is 6.92 Å². The third-order valence-electron chi connectivity index (χ3n) is 2.63. The highest BCUT2D eigenvalue weighted by Crippen LogP contribution is 2.36. The standard InChI is InChI=1S/C12H15N3O2/c1-8-13-12(14-15(8)2)11-9(16-3)6-5-7-10(11)17-4/h5-7H,1-4H3. The molecule has 0 bridgehead atoms. The van der Waals surface area contributed by atoms with Crippen molar-refractivity contribution in [1.82, 2.24) is 14.8 Å². The fourth-order valence-electron chi connectivity index (χ4n) is 1.64. The van der Waals surface area contributed by atoms with Crippen LogP contribution in [0.5, 0.6) is 11.5 Å². The fourth-order valence-corrected chi connectivity index (χ4v) is 1.64. The molecule has 17 heavy (non-hydrogen) atoms. The Hall–Kier alpha value is -2.04. The van der Waals surface area contributed by atoms with Crippen LogP contribution in [0.1, 0.15) is 5.82 Å². The zero-order chi connectivity index (χ0) is 12.4. The zero-order valence-corrected chi connectivity index (χ0v) is 10.4. The van der Waals surface area contributed by atoms with Gasteiger partial charge in [0.1, 0.15) is 22.9 Å². The smallest absolute Gasteiger partial charge is 0.188 e. The molecular weight excluding hydrogens is 218 g/mol. The summed E-state index contributed by atoms with van der Waals surface area (Å²) >= 11 is 0. The molecule has 0 aliphatic carbocycles. The number of aromatic nitrogens is 3. The van der Waals surface area contributed by atoms with Crippen molar-refractivity contribution < 1.29 is 9.47 Å². The van der Waals surface area contributed by atoms with Gasteiger partial charge in [-0.25, -0.2) is 4.98 Å². The van der Waals surface area contributed by atoms with Crippen LogP contribution < -0.4 is 9.47 Å². The Balaban J connectivity index is 2.63. The topological polar surface area (TPSA) is 49.2 Å². The largest absolute Gasteiger partial charge is 0.496 e. The number of aryl methyl sites for hydroxylation is 2. The normalized spacial score (nSPS) is 10.4. The first-order chi connectivity index (χ1) is 8.17. The van der Waals surface area contributed by atoms with Gasteiger partial charge in [-0.1, -0.05) is 6.07 Å². The molecule has 5 heteroatoms. The van der Waals surface area contributed by atoms with Crippen LogP contribution in [0.25, 0.3) is 11.4 Å². The molecule has 0 fully saturated rings. The second-order valence-electron chi connectivity index (χ2n) is 3.64. The van der Waals surface area contributed by atoms with Gasteiger partial charge in [-0.15, -0.1) is 0 Å². The molecule has 0 N–H and O–H groups in total. The minimum absolute atomic E-state index is 0.610. The fraction of sp³-hybridized carbons (Fsp3) is 0.333. The van der Waals surface area contributed by atoms with E-state index in [1.807, 2.05) is 32.2 Å². The van der Waals surface area contributed by atoms with Crippen molar-refractivity contribution in [1.29, 1.82) is 0 Å². The van der Waals surface area contributed by atoms with E-state index in [0.29, 0.717) is 17.3 Å². The molecule has 0 saturated heterocycles. The van der Waals surface area contributed by atoms with Crippen LogP contribution in [0.4, 0.5) is 0 Å². The molecule has 0 radical (unpaired) electrons. The number of rotatable bonds is 3. The Morgan fingerprint density at radius 2 is 1.71 bits per heavy atom. The van der Waals surface area contributed by atoms with Gasteiger partial charge in [-0.05, 0) is 19.1 Å². The van der Waals surface area contributed by atoms with Gasteiger partial charge in [0.05, 0.1) is 14.2 Å². The van der Waals surface area contributed by atoms with Gasteiger partial charge in [0.2, 0.25) is 0 Å². The van der Waals surface area contributed by atoms with E-state index in [0.717, 1.165) is 11.4 Å². The number of benzene rings is 1. The number of methoxy groups -OCH3 is 2. The number of nitrogens with zero attached hydrogens (tertiary/aromatic N) is 3. The molecule has 0 saturated carbocycles. The molecule has 5 nitrogen and oxygen atoms in total. The quantitative estimate of drug-likeness (QED) is 0.811. The number of ether oxygens (including phenoxy) is 2. The van der Waals surface area contributed by atoms with Gasteiger partial charge in [0.15, 0.2) is 5.82 Å². The van der Waals surface area contributed by atoms with E-state index in [4.69, 9.17) is 9.47 Å². The summed E-state index contributed by atoms with van der Waals surface area (Å²) in [6.07, 6.45) is 0. The first-order valence-electron chi connectivity index (χ1n) is 5.26. The highest BCUT2D eigenvalue weighted by atomic mass is 16.5. The van der Waals surface area contributed by atoms with Gasteiger partial charge in [-0.3, -0.25) is 4.68 Å². The van der Waals surface area contributed by atoms with Crippen molar-refractivity contribution in [2.45, 2.75) is 6.92 Å². The molecule has 0 unspecified atom stereocenters. The van der Waals surface area contributed by atoms with Crippen LogP contribution in [-0.4, -0.2) is 29.0 Å². The first kappa shape index (κ1) is 11.4. The summed E-state index contributed by atoms with van der Waals surface area (Å²) in [7, 11) is 5.09. The average molecular weight is 233 g/mol. The summed E-state index contributed by atoms with van der Waals surface area (Å²) in [4.78, 5) is 4.39. The maximum absolute atomic E-state index is 5.32. The molecule has 1 heterocycles. The van der Waals surface area contributed by atoms with Gasteiger partial charge >= 0.3 is 0 Å². The summed E-state index contributed by atoms with van der Waals surface area (Å²) < 4.78 is 12.4. The van der Waals surface area contributed by atoms with E-state index in [-0.39, 0.29) is 0 Å². The SMILES string of the molecule is COc1cccc(OC)c1-c1nc(C)n(C)n1. The molecule has 2 rings (SSSR count). The molecule has 1 aromatic heterocycles. The van der Waals surface area contributed by atoms with E-state index in [1.165, 1.54) is 0 Å². The Kier molecular flexibility index (Phi) is 2.99. The molecule has 2 aromatic rings. The molecule has 0 spiro atoms. The van der Waals surface area contributed by atoms with Gasteiger partial charge in [0, 0.05) is 7.05 Å². The number of hydrogen-bond acceptors (Lipinski definition) is 4. The highest BCUT2D eigenvalue weighted by Gasteiger charge is 2.16. The van der Waals surface area contributed by atoms with Crippen molar-refractivity contribution in [3.63, 3.8) is 0 Å². The average Bonchev–Trinajstić information content (AvgIpc) is 2.68. The third-order valence-corrected chi connectivity index (χ3v) is 2.63. The van der Waals surface area contributed by atoms with Gasteiger partial charge in [0.25, 0.3) is 0 Å². The van der Waals surface area contributed by atoms with E-state index in [2.05, 4.69) is 10.1 Å². The lowest BCUT2D eigenvalue weighted by atomic mass is 10.1. The van der Waals surface area contributed by atoms with Crippen LogP contribution in [0.15, 0.2) is 18.2 Å². The summed E-state index contributed by atoms with van der Waals surface area (Å²) in [6.45, 7) is 1.90. The number of hydrogen-bond donors (Lipinski definition) is 0. The van der Waals surface area contributed by atoms with Crippen LogP contribution in [-0.2, 0) is 7.05 Å². The van der Waals surface area contributed by atoms with Crippen molar-refractivity contribution in [2.75, 3.05) is 14.2 Å². The minimum Gasteiger partial charge on any atom is -0.496 e. The first-order valence-corrected chi connectivity index (χ1v) is 5.26. The summed E-state index contributed by atoms with van der Waals surface area (Å²) in [5.41, 5.74) is 0.779. The third kappa shape index (κ3) is 1.95.